The summed E-state index contributed by atoms with van der Waals surface area (Å²) in [6.45, 7) is 6.61. The summed E-state index contributed by atoms with van der Waals surface area (Å²) in [5.41, 5.74) is 0. The molecule has 0 saturated heterocycles. The van der Waals surface area contributed by atoms with Gasteiger partial charge in [-0.25, -0.2) is 0 Å². The topological polar surface area (TPSA) is 78.9 Å². The average Bonchev–Trinajstić information content (AvgIpc) is 3.31. The van der Waals surface area contributed by atoms with E-state index < -0.39 is 6.10 Å². The molecule has 0 radical (unpaired) electrons. The van der Waals surface area contributed by atoms with Gasteiger partial charge >= 0.3 is 17.9 Å². The maximum absolute atomic E-state index is 12.8. The minimum absolute atomic E-state index is 0.0889. The summed E-state index contributed by atoms with van der Waals surface area (Å²) in [5.74, 6) is -0.952. The molecule has 66 heavy (non-hydrogen) atoms. The van der Waals surface area contributed by atoms with Gasteiger partial charge < -0.3 is 14.2 Å². The van der Waals surface area contributed by atoms with E-state index in [0.29, 0.717) is 19.3 Å². The molecule has 0 saturated carbocycles. The van der Waals surface area contributed by atoms with Crippen LogP contribution in [0.3, 0.4) is 0 Å². The smallest absolute Gasteiger partial charge is 0.306 e. The molecule has 6 heteroatoms. The standard InChI is InChI=1S/C60H110O6/c1-4-7-10-13-16-19-22-25-27-29-30-31-33-35-38-41-44-47-50-53-59(62)65-56-57(55-64-58(61)52-49-46-43-40-37-34-24-21-18-15-12-9-6-3)66-60(63)54-51-48-45-42-39-36-32-28-26-23-20-17-14-11-8-5-2/h28,32,34,37,43,46,57H,4-27,29-31,33,35-36,38-42,44-45,47-56H2,1-3H3/b32-28+,37-34+,46-43+. The molecule has 0 aliphatic carbocycles. The number of hydrogen-bond donors (Lipinski definition) is 0. The van der Waals surface area contributed by atoms with Gasteiger partial charge in [0, 0.05) is 19.3 Å². The van der Waals surface area contributed by atoms with Crippen molar-refractivity contribution in [2.24, 2.45) is 0 Å². The summed E-state index contributed by atoms with van der Waals surface area (Å²) in [7, 11) is 0. The number of rotatable bonds is 53. The van der Waals surface area contributed by atoms with Gasteiger partial charge in [0.1, 0.15) is 13.2 Å². The molecule has 1 unspecified atom stereocenters. The van der Waals surface area contributed by atoms with Crippen LogP contribution in [0.1, 0.15) is 310 Å². The predicted octanol–water partition coefficient (Wildman–Crippen LogP) is 19.3. The lowest BCUT2D eigenvalue weighted by Gasteiger charge is -2.18. The van der Waals surface area contributed by atoms with Crippen LogP contribution < -0.4 is 0 Å². The van der Waals surface area contributed by atoms with Crippen LogP contribution in [0.25, 0.3) is 0 Å². The molecule has 0 heterocycles. The van der Waals surface area contributed by atoms with Crippen molar-refractivity contribution in [2.45, 2.75) is 316 Å². The van der Waals surface area contributed by atoms with Crippen molar-refractivity contribution < 1.29 is 28.6 Å². The molecule has 0 spiro atoms. The van der Waals surface area contributed by atoms with Crippen LogP contribution in [-0.4, -0.2) is 37.2 Å². The van der Waals surface area contributed by atoms with Gasteiger partial charge in [0.05, 0.1) is 0 Å². The highest BCUT2D eigenvalue weighted by molar-refractivity contribution is 5.71. The van der Waals surface area contributed by atoms with E-state index in [9.17, 15) is 14.4 Å². The van der Waals surface area contributed by atoms with Crippen LogP contribution >= 0.6 is 0 Å². The highest BCUT2D eigenvalue weighted by Crippen LogP contribution is 2.16. The van der Waals surface area contributed by atoms with Gasteiger partial charge in [0.2, 0.25) is 0 Å². The normalized spacial score (nSPS) is 12.2. The van der Waals surface area contributed by atoms with Gasteiger partial charge in [-0.2, -0.15) is 0 Å². The fourth-order valence-electron chi connectivity index (χ4n) is 8.49. The Morgan fingerprint density at radius 3 is 0.939 bits per heavy atom. The van der Waals surface area contributed by atoms with Crippen LogP contribution in [0.2, 0.25) is 0 Å². The zero-order valence-electron chi connectivity index (χ0n) is 44.2. The van der Waals surface area contributed by atoms with Crippen molar-refractivity contribution >= 4 is 17.9 Å². The molecule has 0 fully saturated rings. The van der Waals surface area contributed by atoms with Crippen molar-refractivity contribution in [3.8, 4) is 0 Å². The molecule has 1 atom stereocenters. The van der Waals surface area contributed by atoms with Crippen LogP contribution in [-0.2, 0) is 28.6 Å². The molecular formula is C60H110O6. The number of ether oxygens (including phenoxy) is 3. The van der Waals surface area contributed by atoms with Crippen LogP contribution in [0, 0.1) is 0 Å². The van der Waals surface area contributed by atoms with E-state index in [4.69, 9.17) is 14.2 Å². The predicted molar refractivity (Wildman–Crippen MR) is 284 cm³/mol. The number of carbonyl (C=O) groups is 3. The summed E-state index contributed by atoms with van der Waals surface area (Å²) >= 11 is 0. The summed E-state index contributed by atoms with van der Waals surface area (Å²) in [4.78, 5) is 38.1. The second-order valence-corrected chi connectivity index (χ2v) is 19.6. The third-order valence-corrected chi connectivity index (χ3v) is 12.9. The molecule has 0 N–H and O–H groups in total. The van der Waals surface area contributed by atoms with E-state index >= 15 is 0 Å². The lowest BCUT2D eigenvalue weighted by molar-refractivity contribution is -0.166. The third kappa shape index (κ3) is 52.6. The van der Waals surface area contributed by atoms with Crippen LogP contribution in [0.15, 0.2) is 36.5 Å². The first-order valence-corrected chi connectivity index (χ1v) is 29.0. The minimum atomic E-state index is -0.796. The Balaban J connectivity index is 4.36. The quantitative estimate of drug-likeness (QED) is 0.0262. The molecule has 0 aromatic heterocycles. The Labute approximate surface area is 410 Å². The second-order valence-electron chi connectivity index (χ2n) is 19.6. The Kier molecular flexibility index (Phi) is 53.2. The van der Waals surface area contributed by atoms with Gasteiger partial charge in [-0.3, -0.25) is 14.4 Å². The highest BCUT2D eigenvalue weighted by Gasteiger charge is 2.19. The van der Waals surface area contributed by atoms with Crippen molar-refractivity contribution in [3.63, 3.8) is 0 Å². The van der Waals surface area contributed by atoms with Crippen LogP contribution in [0.4, 0.5) is 0 Å². The largest absolute Gasteiger partial charge is 0.462 e. The molecule has 0 aromatic carbocycles. The molecule has 386 valence electrons. The maximum atomic E-state index is 12.8. The van der Waals surface area contributed by atoms with E-state index in [2.05, 4.69) is 51.2 Å². The molecule has 0 rings (SSSR count). The summed E-state index contributed by atoms with van der Waals surface area (Å²) in [6, 6.07) is 0. The van der Waals surface area contributed by atoms with Gasteiger partial charge in [0.15, 0.2) is 6.10 Å². The van der Waals surface area contributed by atoms with Crippen molar-refractivity contribution in [1.29, 1.82) is 0 Å². The Bertz CT molecular complexity index is 1110. The summed E-state index contributed by atoms with van der Waals surface area (Å²) < 4.78 is 16.8. The monoisotopic (exact) mass is 927 g/mol. The highest BCUT2D eigenvalue weighted by atomic mass is 16.6. The maximum Gasteiger partial charge on any atom is 0.306 e. The second kappa shape index (κ2) is 55.2. The van der Waals surface area contributed by atoms with Crippen LogP contribution in [0.5, 0.6) is 0 Å². The number of hydrogen-bond acceptors (Lipinski definition) is 6. The molecule has 0 amide bonds. The first kappa shape index (κ1) is 63.6. The zero-order valence-corrected chi connectivity index (χ0v) is 44.2. The number of unbranched alkanes of at least 4 members (excludes halogenated alkanes) is 36. The van der Waals surface area contributed by atoms with Gasteiger partial charge in [0.25, 0.3) is 0 Å². The van der Waals surface area contributed by atoms with E-state index in [1.54, 1.807) is 0 Å². The fourth-order valence-corrected chi connectivity index (χ4v) is 8.49. The molecule has 0 bridgehead atoms. The van der Waals surface area contributed by atoms with Crippen molar-refractivity contribution in [3.05, 3.63) is 36.5 Å². The Morgan fingerprint density at radius 2 is 0.576 bits per heavy atom. The fraction of sp³-hybridized carbons (Fsp3) is 0.850. The molecule has 0 aliphatic rings. The van der Waals surface area contributed by atoms with Gasteiger partial charge in [-0.05, 0) is 64.2 Å². The SMILES string of the molecule is CCCCCCCC/C=C/C/C=C/CCC(=O)OCC(COC(=O)CCCCCCCCCCCCCCCCCCCCC)OC(=O)CCCCCCC/C=C/CCCCCCCCC. The van der Waals surface area contributed by atoms with E-state index in [0.717, 1.165) is 64.2 Å². The number of allylic oxidation sites excluding steroid dienone is 6. The minimum Gasteiger partial charge on any atom is -0.462 e. The lowest BCUT2D eigenvalue weighted by Crippen LogP contribution is -2.30. The van der Waals surface area contributed by atoms with Crippen molar-refractivity contribution in [2.75, 3.05) is 13.2 Å². The van der Waals surface area contributed by atoms with E-state index in [1.165, 1.54) is 199 Å². The van der Waals surface area contributed by atoms with Gasteiger partial charge in [-0.15, -0.1) is 0 Å². The van der Waals surface area contributed by atoms with Crippen molar-refractivity contribution in [1.82, 2.24) is 0 Å². The van der Waals surface area contributed by atoms with E-state index in [-0.39, 0.29) is 37.5 Å². The number of carbonyl (C=O) groups excluding carboxylic acids is 3. The lowest BCUT2D eigenvalue weighted by atomic mass is 10.0. The first-order valence-electron chi connectivity index (χ1n) is 29.0. The molecule has 6 nitrogen and oxygen atoms in total. The Morgan fingerprint density at radius 1 is 0.303 bits per heavy atom. The average molecular weight is 928 g/mol. The third-order valence-electron chi connectivity index (χ3n) is 12.9. The molecular weight excluding hydrogens is 817 g/mol. The zero-order chi connectivity index (χ0) is 47.9. The number of esters is 3. The summed E-state index contributed by atoms with van der Waals surface area (Å²) in [6.07, 6.45) is 65.8. The summed E-state index contributed by atoms with van der Waals surface area (Å²) in [5, 5.41) is 0. The van der Waals surface area contributed by atoms with E-state index in [1.807, 2.05) is 6.08 Å². The molecule has 0 aromatic rings. The Hall–Kier alpha value is -2.37. The molecule has 0 aliphatic heterocycles. The van der Waals surface area contributed by atoms with Gasteiger partial charge in [-0.1, -0.05) is 263 Å². The first-order chi connectivity index (χ1) is 32.5.